The van der Waals surface area contributed by atoms with E-state index in [0.29, 0.717) is 13.2 Å². The molecule has 0 aromatic heterocycles. The van der Waals surface area contributed by atoms with Crippen LogP contribution in [0.15, 0.2) is 53.4 Å². The van der Waals surface area contributed by atoms with E-state index in [2.05, 4.69) is 5.32 Å². The summed E-state index contributed by atoms with van der Waals surface area (Å²) in [4.78, 5) is 1.21. The molecular formula is C15H16FNOS. The number of anilines is 1. The fraction of sp³-hybridized carbons (Fsp3) is 0.200. The molecule has 0 aliphatic rings. The van der Waals surface area contributed by atoms with Crippen LogP contribution in [0.3, 0.4) is 0 Å². The van der Waals surface area contributed by atoms with Gasteiger partial charge in [0.25, 0.3) is 0 Å². The van der Waals surface area contributed by atoms with E-state index in [9.17, 15) is 4.39 Å². The van der Waals surface area contributed by atoms with Crippen LogP contribution in [0.2, 0.25) is 0 Å². The molecule has 2 aromatic rings. The summed E-state index contributed by atoms with van der Waals surface area (Å²) in [5, 5.41) is 3.11. The fourth-order valence-electron chi connectivity index (χ4n) is 1.63. The Bertz CT molecular complexity index is 516. The molecule has 4 heteroatoms. The first-order chi connectivity index (χ1) is 9.28. The maximum Gasteiger partial charge on any atom is 0.125 e. The zero-order valence-electron chi connectivity index (χ0n) is 10.7. The molecule has 0 amide bonds. The van der Waals surface area contributed by atoms with Gasteiger partial charge in [-0.1, -0.05) is 6.07 Å². The summed E-state index contributed by atoms with van der Waals surface area (Å²) in [7, 11) is 0. The second kappa shape index (κ2) is 7.04. The average molecular weight is 277 g/mol. The molecule has 0 aliphatic heterocycles. The molecule has 0 saturated carbocycles. The lowest BCUT2D eigenvalue weighted by Crippen LogP contribution is -2.11. The van der Waals surface area contributed by atoms with Crippen molar-refractivity contribution in [2.45, 2.75) is 4.90 Å². The highest BCUT2D eigenvalue weighted by Crippen LogP contribution is 2.18. The van der Waals surface area contributed by atoms with Crippen LogP contribution in [-0.4, -0.2) is 19.4 Å². The number of thioether (sulfide) groups is 1. The summed E-state index contributed by atoms with van der Waals surface area (Å²) >= 11 is 1.70. The molecule has 0 radical (unpaired) electrons. The zero-order valence-corrected chi connectivity index (χ0v) is 11.5. The highest BCUT2D eigenvalue weighted by Gasteiger charge is 1.96. The van der Waals surface area contributed by atoms with Crippen molar-refractivity contribution in [2.75, 3.05) is 24.7 Å². The molecule has 100 valence electrons. The monoisotopic (exact) mass is 277 g/mol. The van der Waals surface area contributed by atoms with Crippen LogP contribution in [0.5, 0.6) is 5.75 Å². The van der Waals surface area contributed by atoms with Gasteiger partial charge in [0.1, 0.15) is 18.2 Å². The van der Waals surface area contributed by atoms with Crippen molar-refractivity contribution in [2.24, 2.45) is 0 Å². The smallest absolute Gasteiger partial charge is 0.125 e. The standard InChI is InChI=1S/C15H16FNOS/c1-19-15-7-5-14(6-8-15)18-10-9-17-13-4-2-3-12(16)11-13/h2-8,11,17H,9-10H2,1H3. The Morgan fingerprint density at radius 1 is 1.16 bits per heavy atom. The van der Waals surface area contributed by atoms with Crippen LogP contribution >= 0.6 is 11.8 Å². The third kappa shape index (κ3) is 4.48. The van der Waals surface area contributed by atoms with E-state index in [4.69, 9.17) is 4.74 Å². The lowest BCUT2D eigenvalue weighted by atomic mass is 10.3. The second-order valence-corrected chi connectivity index (χ2v) is 4.84. The Balaban J connectivity index is 1.74. The SMILES string of the molecule is CSc1ccc(OCCNc2cccc(F)c2)cc1. The molecular weight excluding hydrogens is 261 g/mol. The molecule has 0 spiro atoms. The van der Waals surface area contributed by atoms with Gasteiger partial charge in [-0.2, -0.15) is 0 Å². The molecule has 0 heterocycles. The van der Waals surface area contributed by atoms with Crippen molar-refractivity contribution in [3.63, 3.8) is 0 Å². The first kappa shape index (κ1) is 13.7. The Kier molecular flexibility index (Phi) is 5.10. The number of hydrogen-bond donors (Lipinski definition) is 1. The van der Waals surface area contributed by atoms with E-state index in [-0.39, 0.29) is 5.82 Å². The van der Waals surface area contributed by atoms with Crippen molar-refractivity contribution in [3.05, 3.63) is 54.3 Å². The number of halogens is 1. The largest absolute Gasteiger partial charge is 0.492 e. The van der Waals surface area contributed by atoms with Gasteiger partial charge in [-0.15, -0.1) is 11.8 Å². The van der Waals surface area contributed by atoms with Crippen LogP contribution < -0.4 is 10.1 Å². The molecule has 1 N–H and O–H groups in total. The number of hydrogen-bond acceptors (Lipinski definition) is 3. The summed E-state index contributed by atoms with van der Waals surface area (Å²) in [6.45, 7) is 1.17. The Labute approximate surface area is 117 Å². The van der Waals surface area contributed by atoms with Crippen molar-refractivity contribution in [1.82, 2.24) is 0 Å². The van der Waals surface area contributed by atoms with Crippen molar-refractivity contribution in [3.8, 4) is 5.75 Å². The quantitative estimate of drug-likeness (QED) is 0.636. The highest BCUT2D eigenvalue weighted by atomic mass is 32.2. The summed E-state index contributed by atoms with van der Waals surface area (Å²) < 4.78 is 18.5. The lowest BCUT2D eigenvalue weighted by molar-refractivity contribution is 0.332. The molecule has 0 unspecified atom stereocenters. The minimum absolute atomic E-state index is 0.237. The Morgan fingerprint density at radius 2 is 1.95 bits per heavy atom. The van der Waals surface area contributed by atoms with E-state index in [1.54, 1.807) is 17.8 Å². The van der Waals surface area contributed by atoms with Gasteiger partial charge in [0.05, 0.1) is 0 Å². The maximum atomic E-state index is 12.9. The minimum atomic E-state index is -0.237. The van der Waals surface area contributed by atoms with Crippen molar-refractivity contribution < 1.29 is 9.13 Å². The average Bonchev–Trinajstić information content (AvgIpc) is 2.44. The van der Waals surface area contributed by atoms with Crippen LogP contribution in [0.4, 0.5) is 10.1 Å². The molecule has 0 aliphatic carbocycles. The van der Waals surface area contributed by atoms with E-state index in [1.165, 1.54) is 17.0 Å². The zero-order chi connectivity index (χ0) is 13.5. The van der Waals surface area contributed by atoms with Gasteiger partial charge in [-0.3, -0.25) is 0 Å². The number of ether oxygens (including phenoxy) is 1. The lowest BCUT2D eigenvalue weighted by Gasteiger charge is -2.09. The van der Waals surface area contributed by atoms with E-state index in [1.807, 2.05) is 36.6 Å². The molecule has 0 atom stereocenters. The third-order valence-electron chi connectivity index (χ3n) is 2.58. The minimum Gasteiger partial charge on any atom is -0.492 e. The highest BCUT2D eigenvalue weighted by molar-refractivity contribution is 7.98. The normalized spacial score (nSPS) is 10.2. The molecule has 2 nitrogen and oxygen atoms in total. The van der Waals surface area contributed by atoms with E-state index in [0.717, 1.165) is 11.4 Å². The molecule has 0 bridgehead atoms. The van der Waals surface area contributed by atoms with Crippen molar-refractivity contribution >= 4 is 17.4 Å². The van der Waals surface area contributed by atoms with E-state index >= 15 is 0 Å². The van der Waals surface area contributed by atoms with Gasteiger partial charge < -0.3 is 10.1 Å². The van der Waals surface area contributed by atoms with Gasteiger partial charge in [0.2, 0.25) is 0 Å². The molecule has 19 heavy (non-hydrogen) atoms. The first-order valence-electron chi connectivity index (χ1n) is 6.04. The van der Waals surface area contributed by atoms with Gasteiger partial charge in [0, 0.05) is 17.1 Å². The predicted octanol–water partition coefficient (Wildman–Crippen LogP) is 4.04. The van der Waals surface area contributed by atoms with Crippen LogP contribution in [0, 0.1) is 5.82 Å². The molecule has 2 rings (SSSR count). The van der Waals surface area contributed by atoms with Gasteiger partial charge >= 0.3 is 0 Å². The number of rotatable bonds is 6. The summed E-state index contributed by atoms with van der Waals surface area (Å²) in [6.07, 6.45) is 2.04. The summed E-state index contributed by atoms with van der Waals surface area (Å²) in [6, 6.07) is 14.4. The van der Waals surface area contributed by atoms with Gasteiger partial charge in [0.15, 0.2) is 0 Å². The topological polar surface area (TPSA) is 21.3 Å². The third-order valence-corrected chi connectivity index (χ3v) is 3.33. The van der Waals surface area contributed by atoms with Gasteiger partial charge in [-0.25, -0.2) is 4.39 Å². The Hall–Kier alpha value is -1.68. The number of benzene rings is 2. The fourth-order valence-corrected chi connectivity index (χ4v) is 2.04. The Morgan fingerprint density at radius 3 is 2.63 bits per heavy atom. The van der Waals surface area contributed by atoms with Gasteiger partial charge in [-0.05, 0) is 48.7 Å². The van der Waals surface area contributed by atoms with Crippen LogP contribution in [0.1, 0.15) is 0 Å². The van der Waals surface area contributed by atoms with Crippen LogP contribution in [0.25, 0.3) is 0 Å². The second-order valence-electron chi connectivity index (χ2n) is 3.96. The first-order valence-corrected chi connectivity index (χ1v) is 7.27. The van der Waals surface area contributed by atoms with Crippen molar-refractivity contribution in [1.29, 1.82) is 0 Å². The van der Waals surface area contributed by atoms with Crippen LogP contribution in [-0.2, 0) is 0 Å². The molecule has 0 fully saturated rings. The molecule has 0 saturated heterocycles. The van der Waals surface area contributed by atoms with E-state index < -0.39 is 0 Å². The maximum absolute atomic E-state index is 12.9. The number of nitrogens with one attached hydrogen (secondary N) is 1. The molecule has 2 aromatic carbocycles. The summed E-state index contributed by atoms with van der Waals surface area (Å²) in [5.41, 5.74) is 0.765. The predicted molar refractivity (Wildman–Crippen MR) is 78.6 cm³/mol. The summed E-state index contributed by atoms with van der Waals surface area (Å²) in [5.74, 6) is 0.609.